The monoisotopic (exact) mass is 262 g/mol. The van der Waals surface area contributed by atoms with Gasteiger partial charge in [0.2, 0.25) is 0 Å². The first kappa shape index (κ1) is 15.9. The third kappa shape index (κ3) is 10.4. The minimum Gasteiger partial charge on any atom is -0.465 e. The van der Waals surface area contributed by atoms with Gasteiger partial charge in [0.05, 0.1) is 12.8 Å². The van der Waals surface area contributed by atoms with Crippen molar-refractivity contribution < 1.29 is 38.4 Å². The number of hydrogen-bond donors (Lipinski definition) is 0. The molecule has 0 fully saturated rings. The molecule has 0 rings (SSSR count). The van der Waals surface area contributed by atoms with Gasteiger partial charge >= 0.3 is 23.9 Å². The third-order valence-electron chi connectivity index (χ3n) is 1.45. The summed E-state index contributed by atoms with van der Waals surface area (Å²) in [5.74, 6) is -2.75. The molecule has 0 aliphatic carbocycles. The minimum absolute atomic E-state index is 0.154. The van der Waals surface area contributed by atoms with E-state index in [1.54, 1.807) is 0 Å². The summed E-state index contributed by atoms with van der Waals surface area (Å²) in [5, 5.41) is 0. The van der Waals surface area contributed by atoms with Crippen molar-refractivity contribution in [2.75, 3.05) is 13.2 Å². The van der Waals surface area contributed by atoms with Crippen molar-refractivity contribution in [1.29, 1.82) is 0 Å². The zero-order chi connectivity index (χ0) is 14.0. The Labute approximate surface area is 103 Å². The number of esters is 2. The van der Waals surface area contributed by atoms with Crippen LogP contribution in [-0.2, 0) is 38.4 Å². The Morgan fingerprint density at radius 2 is 1.06 bits per heavy atom. The number of hydrogen-bond acceptors (Lipinski definition) is 8. The van der Waals surface area contributed by atoms with Crippen LogP contribution in [0.1, 0.15) is 26.7 Å². The molecule has 0 radical (unpaired) electrons. The lowest BCUT2D eigenvalue weighted by Crippen LogP contribution is -2.15. The summed E-state index contributed by atoms with van der Waals surface area (Å²) in [7, 11) is 0. The largest absolute Gasteiger partial charge is 0.465 e. The SMILES string of the molecule is CC(=O)OCCC(=O)OOC(=O)CCOC(C)=O. The zero-order valence-electron chi connectivity index (χ0n) is 10.1. The van der Waals surface area contributed by atoms with Crippen molar-refractivity contribution >= 4 is 23.9 Å². The normalized spacial score (nSPS) is 9.22. The standard InChI is InChI=1S/C10H14O8/c1-7(11)15-5-3-9(13)17-18-10(14)4-6-16-8(2)12/h3-6H2,1-2H3. The van der Waals surface area contributed by atoms with E-state index in [9.17, 15) is 19.2 Å². The van der Waals surface area contributed by atoms with Gasteiger partial charge in [-0.25, -0.2) is 19.4 Å². The maximum atomic E-state index is 10.9. The van der Waals surface area contributed by atoms with Gasteiger partial charge in [0.1, 0.15) is 13.2 Å². The van der Waals surface area contributed by atoms with Gasteiger partial charge in [0, 0.05) is 13.8 Å². The smallest absolute Gasteiger partial charge is 0.359 e. The Morgan fingerprint density at radius 3 is 1.33 bits per heavy atom. The summed E-state index contributed by atoms with van der Waals surface area (Å²) in [6.45, 7) is 2.08. The highest BCUT2D eigenvalue weighted by Gasteiger charge is 2.10. The van der Waals surface area contributed by atoms with E-state index in [0.29, 0.717) is 0 Å². The average Bonchev–Trinajstić information content (AvgIpc) is 2.25. The molecule has 8 nitrogen and oxygen atoms in total. The molecule has 0 amide bonds. The Balaban J connectivity index is 3.56. The second kappa shape index (κ2) is 8.97. The van der Waals surface area contributed by atoms with Gasteiger partial charge in [-0.3, -0.25) is 9.59 Å². The van der Waals surface area contributed by atoms with Crippen molar-refractivity contribution in [3.63, 3.8) is 0 Å². The molecule has 102 valence electrons. The lowest BCUT2D eigenvalue weighted by molar-refractivity contribution is -0.260. The van der Waals surface area contributed by atoms with E-state index in [1.165, 1.54) is 13.8 Å². The molecule has 0 aliphatic rings. The van der Waals surface area contributed by atoms with Crippen molar-refractivity contribution in [3.8, 4) is 0 Å². The molecule has 0 bridgehead atoms. The van der Waals surface area contributed by atoms with Gasteiger partial charge in [-0.2, -0.15) is 0 Å². The van der Waals surface area contributed by atoms with Gasteiger partial charge in [-0.15, -0.1) is 0 Å². The van der Waals surface area contributed by atoms with Crippen molar-refractivity contribution in [2.24, 2.45) is 0 Å². The first-order valence-corrected chi connectivity index (χ1v) is 5.08. The quantitative estimate of drug-likeness (QED) is 0.371. The number of rotatable bonds is 6. The summed E-state index contributed by atoms with van der Waals surface area (Å²) in [6, 6.07) is 0. The highest BCUT2D eigenvalue weighted by molar-refractivity contribution is 5.73. The van der Waals surface area contributed by atoms with Crippen molar-refractivity contribution in [1.82, 2.24) is 0 Å². The van der Waals surface area contributed by atoms with E-state index in [4.69, 9.17) is 0 Å². The molecule has 0 aliphatic heterocycles. The molecule has 0 saturated heterocycles. The lowest BCUT2D eigenvalue weighted by atomic mass is 10.5. The Morgan fingerprint density at radius 1 is 0.722 bits per heavy atom. The fraction of sp³-hybridized carbons (Fsp3) is 0.600. The first-order chi connectivity index (χ1) is 8.41. The second-order valence-corrected chi connectivity index (χ2v) is 3.09. The summed E-state index contributed by atoms with van der Waals surface area (Å²) in [4.78, 5) is 50.8. The Bertz CT molecular complexity index is 290. The van der Waals surface area contributed by atoms with E-state index in [2.05, 4.69) is 19.2 Å². The van der Waals surface area contributed by atoms with Crippen molar-refractivity contribution in [2.45, 2.75) is 26.7 Å². The van der Waals surface area contributed by atoms with Crippen LogP contribution in [0.4, 0.5) is 0 Å². The maximum absolute atomic E-state index is 10.9. The molecule has 0 aromatic carbocycles. The van der Waals surface area contributed by atoms with Crippen molar-refractivity contribution in [3.05, 3.63) is 0 Å². The van der Waals surface area contributed by atoms with Gasteiger partial charge in [0.15, 0.2) is 0 Å². The topological polar surface area (TPSA) is 105 Å². The predicted molar refractivity (Wildman–Crippen MR) is 54.7 cm³/mol. The highest BCUT2D eigenvalue weighted by Crippen LogP contribution is 1.94. The summed E-state index contributed by atoms with van der Waals surface area (Å²) in [6.07, 6.45) is -0.451. The minimum atomic E-state index is -0.850. The summed E-state index contributed by atoms with van der Waals surface area (Å²) < 4.78 is 8.95. The fourth-order valence-corrected chi connectivity index (χ4v) is 0.732. The third-order valence-corrected chi connectivity index (χ3v) is 1.45. The zero-order valence-corrected chi connectivity index (χ0v) is 10.1. The van der Waals surface area contributed by atoms with Crippen LogP contribution in [0, 0.1) is 0 Å². The second-order valence-electron chi connectivity index (χ2n) is 3.09. The summed E-state index contributed by atoms with van der Waals surface area (Å²) in [5.41, 5.74) is 0. The summed E-state index contributed by atoms with van der Waals surface area (Å²) >= 11 is 0. The highest BCUT2D eigenvalue weighted by atomic mass is 17.2. The van der Waals surface area contributed by atoms with Gasteiger partial charge in [-0.05, 0) is 0 Å². The molecule has 0 atom stereocenters. The molecule has 0 spiro atoms. The van der Waals surface area contributed by atoms with E-state index >= 15 is 0 Å². The van der Waals surface area contributed by atoms with E-state index < -0.39 is 23.9 Å². The molecule has 0 unspecified atom stereocenters. The van der Waals surface area contributed by atoms with Crippen LogP contribution in [0.25, 0.3) is 0 Å². The van der Waals surface area contributed by atoms with Gasteiger partial charge in [-0.1, -0.05) is 0 Å². The van der Waals surface area contributed by atoms with Crippen LogP contribution < -0.4 is 0 Å². The molecular weight excluding hydrogens is 248 g/mol. The van der Waals surface area contributed by atoms with Crippen LogP contribution in [0.3, 0.4) is 0 Å². The number of carbonyl (C=O) groups is 4. The molecule has 0 aromatic rings. The van der Waals surface area contributed by atoms with E-state index in [-0.39, 0.29) is 26.1 Å². The molecule has 0 heterocycles. The molecule has 0 N–H and O–H groups in total. The Hall–Kier alpha value is -2.12. The molecule has 0 aromatic heterocycles. The van der Waals surface area contributed by atoms with Crippen LogP contribution in [0.15, 0.2) is 0 Å². The molecular formula is C10H14O8. The van der Waals surface area contributed by atoms with Crippen LogP contribution in [0.2, 0.25) is 0 Å². The molecule has 18 heavy (non-hydrogen) atoms. The van der Waals surface area contributed by atoms with Gasteiger partial charge < -0.3 is 9.47 Å². The van der Waals surface area contributed by atoms with Crippen LogP contribution >= 0.6 is 0 Å². The van der Waals surface area contributed by atoms with E-state index in [1.807, 2.05) is 0 Å². The Kier molecular flexibility index (Phi) is 7.91. The molecule has 0 saturated carbocycles. The average molecular weight is 262 g/mol. The predicted octanol–water partition coefficient (Wildman–Crippen LogP) is -0.106. The van der Waals surface area contributed by atoms with Crippen LogP contribution in [0.5, 0.6) is 0 Å². The lowest BCUT2D eigenvalue weighted by Gasteiger charge is -2.03. The first-order valence-electron chi connectivity index (χ1n) is 5.08. The maximum Gasteiger partial charge on any atom is 0.359 e. The van der Waals surface area contributed by atoms with Crippen LogP contribution in [-0.4, -0.2) is 37.1 Å². The number of ether oxygens (including phenoxy) is 2. The number of carbonyl (C=O) groups excluding carboxylic acids is 4. The molecule has 8 heteroatoms. The van der Waals surface area contributed by atoms with E-state index in [0.717, 1.165) is 0 Å². The van der Waals surface area contributed by atoms with Gasteiger partial charge in [0.25, 0.3) is 0 Å². The fourth-order valence-electron chi connectivity index (χ4n) is 0.732.